The van der Waals surface area contributed by atoms with E-state index in [0.29, 0.717) is 14.7 Å². The fraction of sp³-hybridized carbons (Fsp3) is 0.0870. The van der Waals surface area contributed by atoms with Crippen LogP contribution in [0, 0.1) is 3.57 Å². The van der Waals surface area contributed by atoms with E-state index in [4.69, 9.17) is 9.47 Å². The van der Waals surface area contributed by atoms with Crippen molar-refractivity contribution < 1.29 is 9.47 Å². The molecule has 0 saturated heterocycles. The van der Waals surface area contributed by atoms with Gasteiger partial charge in [-0.25, -0.2) is 0 Å². The molecule has 0 fully saturated rings. The smallest absolute Gasteiger partial charge is 0.200 e. The fourth-order valence-electron chi connectivity index (χ4n) is 3.40. The zero-order valence-electron chi connectivity index (χ0n) is 15.0. The number of ether oxygens (including phenoxy) is 2. The summed E-state index contributed by atoms with van der Waals surface area (Å²) in [4.78, 5) is 13.4. The van der Waals surface area contributed by atoms with Gasteiger partial charge in [0.2, 0.25) is 5.43 Å². The van der Waals surface area contributed by atoms with E-state index in [-0.39, 0.29) is 5.43 Å². The average Bonchev–Trinajstić information content (AvgIpc) is 2.81. The molecule has 0 aliphatic heterocycles. The molecule has 4 aromatic carbocycles. The molecule has 0 heterocycles. The summed E-state index contributed by atoms with van der Waals surface area (Å²) in [7, 11) is 3.26. The minimum Gasteiger partial charge on any atom is -0.497 e. The largest absolute Gasteiger partial charge is 0.497 e. The van der Waals surface area contributed by atoms with E-state index in [1.807, 2.05) is 66.7 Å². The molecule has 4 aromatic rings. The predicted octanol–water partition coefficient (Wildman–Crippen LogP) is 5.64. The Hall–Kier alpha value is -2.60. The first kappa shape index (κ1) is 17.8. The van der Waals surface area contributed by atoms with Crippen molar-refractivity contribution in [2.45, 2.75) is 0 Å². The fourth-order valence-corrected chi connectivity index (χ4v) is 4.29. The summed E-state index contributed by atoms with van der Waals surface area (Å²) in [5.41, 5.74) is 1.92. The van der Waals surface area contributed by atoms with Crippen molar-refractivity contribution in [2.24, 2.45) is 0 Å². The zero-order valence-corrected chi connectivity index (χ0v) is 17.1. The van der Waals surface area contributed by atoms with Gasteiger partial charge in [0.15, 0.2) is 0 Å². The molecule has 0 radical (unpaired) electrons. The van der Waals surface area contributed by atoms with Crippen molar-refractivity contribution in [3.8, 4) is 22.6 Å². The third-order valence-electron chi connectivity index (χ3n) is 4.74. The molecule has 0 amide bonds. The Labute approximate surface area is 170 Å². The molecule has 0 aliphatic carbocycles. The lowest BCUT2D eigenvalue weighted by molar-refractivity contribution is 0.415. The summed E-state index contributed by atoms with van der Waals surface area (Å²) in [5.74, 6) is 1.43. The van der Waals surface area contributed by atoms with Crippen LogP contribution in [0.25, 0.3) is 32.7 Å². The number of hydrogen-bond acceptors (Lipinski definition) is 3. The predicted molar refractivity (Wildman–Crippen MR) is 119 cm³/mol. The second-order valence-corrected chi connectivity index (χ2v) is 7.29. The topological polar surface area (TPSA) is 35.5 Å². The highest BCUT2D eigenvalue weighted by atomic mass is 127. The maximum absolute atomic E-state index is 13.4. The monoisotopic (exact) mass is 468 g/mol. The van der Waals surface area contributed by atoms with Gasteiger partial charge in [0.1, 0.15) is 11.5 Å². The standard InChI is InChI=1S/C23H17IO3/c1-26-15-8-10-17-18-11-9-16(27-2)13-20(18)23(25)22(24)21(19(17)12-15)14-6-4-3-5-7-14/h3-13H,1-2H3. The summed E-state index contributed by atoms with van der Waals surface area (Å²) >= 11 is 2.16. The summed E-state index contributed by atoms with van der Waals surface area (Å²) in [6, 6.07) is 21.6. The van der Waals surface area contributed by atoms with Crippen molar-refractivity contribution in [1.82, 2.24) is 0 Å². The maximum Gasteiger partial charge on any atom is 0.200 e. The van der Waals surface area contributed by atoms with Gasteiger partial charge in [-0.3, -0.25) is 4.79 Å². The first-order valence-electron chi connectivity index (χ1n) is 8.50. The van der Waals surface area contributed by atoms with E-state index in [1.165, 1.54) is 0 Å². The van der Waals surface area contributed by atoms with Crippen LogP contribution in [0.2, 0.25) is 0 Å². The number of hydrogen-bond donors (Lipinski definition) is 0. The molecule has 0 N–H and O–H groups in total. The van der Waals surface area contributed by atoms with Crippen LogP contribution in [0.3, 0.4) is 0 Å². The summed E-state index contributed by atoms with van der Waals surface area (Å²) in [6.45, 7) is 0. The average molecular weight is 468 g/mol. The van der Waals surface area contributed by atoms with E-state index in [0.717, 1.165) is 33.0 Å². The SMILES string of the molecule is COc1ccc2c(c1)c(-c1ccccc1)c(I)c(=O)c1cc(OC)ccc12. The second kappa shape index (κ2) is 7.19. The highest BCUT2D eigenvalue weighted by Crippen LogP contribution is 2.36. The minimum absolute atomic E-state index is 0.00137. The van der Waals surface area contributed by atoms with Gasteiger partial charge in [0.05, 0.1) is 17.8 Å². The van der Waals surface area contributed by atoms with Crippen molar-refractivity contribution >= 4 is 44.1 Å². The van der Waals surface area contributed by atoms with E-state index in [9.17, 15) is 4.79 Å². The Morgan fingerprint density at radius 3 is 1.85 bits per heavy atom. The Morgan fingerprint density at radius 2 is 1.26 bits per heavy atom. The molecular formula is C23H17IO3. The Morgan fingerprint density at radius 1 is 0.704 bits per heavy atom. The molecular weight excluding hydrogens is 451 g/mol. The van der Waals surface area contributed by atoms with Gasteiger partial charge in [-0.05, 0) is 74.6 Å². The number of rotatable bonds is 3. The van der Waals surface area contributed by atoms with Crippen LogP contribution in [-0.2, 0) is 0 Å². The van der Waals surface area contributed by atoms with Gasteiger partial charge in [0, 0.05) is 10.9 Å². The van der Waals surface area contributed by atoms with Gasteiger partial charge < -0.3 is 9.47 Å². The van der Waals surface area contributed by atoms with Gasteiger partial charge in [-0.2, -0.15) is 0 Å². The second-order valence-electron chi connectivity index (χ2n) is 6.21. The summed E-state index contributed by atoms with van der Waals surface area (Å²) in [5, 5.41) is 3.55. The lowest BCUT2D eigenvalue weighted by atomic mass is 10.00. The third kappa shape index (κ3) is 3.04. The molecule has 0 spiro atoms. The van der Waals surface area contributed by atoms with Crippen LogP contribution in [0.1, 0.15) is 0 Å². The maximum atomic E-state index is 13.4. The molecule has 0 unspecified atom stereocenters. The van der Waals surface area contributed by atoms with Crippen molar-refractivity contribution in [3.05, 3.63) is 80.5 Å². The van der Waals surface area contributed by atoms with Crippen LogP contribution in [0.15, 0.2) is 71.5 Å². The third-order valence-corrected chi connectivity index (χ3v) is 5.77. The number of methoxy groups -OCH3 is 2. The molecule has 0 aromatic heterocycles. The molecule has 0 saturated carbocycles. The summed E-state index contributed by atoms with van der Waals surface area (Å²) in [6.07, 6.45) is 0. The van der Waals surface area contributed by atoms with Crippen LogP contribution in [0.5, 0.6) is 11.5 Å². The van der Waals surface area contributed by atoms with Gasteiger partial charge in [-0.15, -0.1) is 0 Å². The van der Waals surface area contributed by atoms with Crippen LogP contribution < -0.4 is 14.9 Å². The van der Waals surface area contributed by atoms with Crippen LogP contribution in [0.4, 0.5) is 0 Å². The molecule has 4 rings (SSSR count). The van der Waals surface area contributed by atoms with Crippen molar-refractivity contribution in [2.75, 3.05) is 14.2 Å². The lowest BCUT2D eigenvalue weighted by Crippen LogP contribution is -2.03. The Bertz CT molecular complexity index is 1220. The van der Waals surface area contributed by atoms with Gasteiger partial charge >= 0.3 is 0 Å². The van der Waals surface area contributed by atoms with E-state index in [1.54, 1.807) is 14.2 Å². The quantitative estimate of drug-likeness (QED) is 0.365. The normalized spacial score (nSPS) is 10.9. The number of fused-ring (bicyclic) bond motifs is 3. The van der Waals surface area contributed by atoms with E-state index in [2.05, 4.69) is 22.6 Å². The molecule has 4 heteroatoms. The Balaban J connectivity index is 2.30. The molecule has 0 aliphatic rings. The number of benzene rings is 3. The van der Waals surface area contributed by atoms with Crippen molar-refractivity contribution in [3.63, 3.8) is 0 Å². The van der Waals surface area contributed by atoms with Crippen LogP contribution >= 0.6 is 22.6 Å². The number of halogens is 1. The Kier molecular flexibility index (Phi) is 4.74. The van der Waals surface area contributed by atoms with Crippen LogP contribution in [-0.4, -0.2) is 14.2 Å². The molecule has 0 atom stereocenters. The zero-order chi connectivity index (χ0) is 19.0. The highest BCUT2D eigenvalue weighted by molar-refractivity contribution is 14.1. The van der Waals surface area contributed by atoms with E-state index >= 15 is 0 Å². The van der Waals surface area contributed by atoms with Gasteiger partial charge in [0.25, 0.3) is 0 Å². The molecule has 3 nitrogen and oxygen atoms in total. The minimum atomic E-state index is -0.00137. The molecule has 0 bridgehead atoms. The van der Waals surface area contributed by atoms with Gasteiger partial charge in [-0.1, -0.05) is 36.4 Å². The molecule has 27 heavy (non-hydrogen) atoms. The lowest BCUT2D eigenvalue weighted by Gasteiger charge is -2.08. The first-order chi connectivity index (χ1) is 13.1. The van der Waals surface area contributed by atoms with Crippen molar-refractivity contribution in [1.29, 1.82) is 0 Å². The van der Waals surface area contributed by atoms with E-state index < -0.39 is 0 Å². The first-order valence-corrected chi connectivity index (χ1v) is 9.58. The summed E-state index contributed by atoms with van der Waals surface area (Å²) < 4.78 is 11.5. The molecule has 134 valence electrons. The highest BCUT2D eigenvalue weighted by Gasteiger charge is 2.15.